The molecule has 2 aliphatic rings. The Kier molecular flexibility index (Phi) is 3.11. The molecule has 0 bridgehead atoms. The zero-order chi connectivity index (χ0) is 15.0. The summed E-state index contributed by atoms with van der Waals surface area (Å²) in [7, 11) is 0. The summed E-state index contributed by atoms with van der Waals surface area (Å²) in [6.07, 6.45) is 12.5. The highest BCUT2D eigenvalue weighted by atomic mass is 14.4. The summed E-state index contributed by atoms with van der Waals surface area (Å²) >= 11 is 0. The molecule has 2 unspecified atom stereocenters. The third-order valence-electron chi connectivity index (χ3n) is 5.23. The highest BCUT2D eigenvalue weighted by Gasteiger charge is 2.40. The number of rotatable bonds is 3. The van der Waals surface area contributed by atoms with E-state index < -0.39 is 0 Å². The minimum atomic E-state index is 0.00780. The zero-order valence-electron chi connectivity index (χ0n) is 12.9. The number of allylic oxidation sites excluding steroid dienone is 5. The lowest BCUT2D eigenvalue weighted by molar-refractivity contribution is 0.496. The van der Waals surface area contributed by atoms with Crippen LogP contribution in [-0.4, -0.2) is 0 Å². The monoisotopic (exact) mass is 284 g/mol. The van der Waals surface area contributed by atoms with Crippen LogP contribution in [0.4, 0.5) is 0 Å². The average Bonchev–Trinajstić information content (AvgIpc) is 3.25. The van der Waals surface area contributed by atoms with Gasteiger partial charge in [0.15, 0.2) is 0 Å². The first kappa shape index (κ1) is 13.3. The predicted octanol–water partition coefficient (Wildman–Crippen LogP) is 5.64. The molecular weight excluding hydrogens is 264 g/mol. The van der Waals surface area contributed by atoms with Gasteiger partial charge in [0, 0.05) is 11.3 Å². The average molecular weight is 284 g/mol. The van der Waals surface area contributed by atoms with E-state index in [4.69, 9.17) is 0 Å². The summed E-state index contributed by atoms with van der Waals surface area (Å²) in [5.74, 6) is 0.400. The SMILES string of the molecule is CC(C1=CC=CC1)(c1ccccc1)C1C=Cc2ccccc21. The first-order chi connectivity index (χ1) is 10.8. The Balaban J connectivity index is 1.88. The summed E-state index contributed by atoms with van der Waals surface area (Å²) in [6, 6.07) is 19.7. The van der Waals surface area contributed by atoms with Crippen LogP contribution in [0.1, 0.15) is 36.0 Å². The first-order valence-electron chi connectivity index (χ1n) is 7.99. The van der Waals surface area contributed by atoms with Crippen molar-refractivity contribution in [3.8, 4) is 0 Å². The van der Waals surface area contributed by atoms with Gasteiger partial charge in [0.2, 0.25) is 0 Å². The summed E-state index contributed by atoms with van der Waals surface area (Å²) in [4.78, 5) is 0. The van der Waals surface area contributed by atoms with Gasteiger partial charge in [-0.15, -0.1) is 0 Å². The minimum absolute atomic E-state index is 0.00780. The van der Waals surface area contributed by atoms with Gasteiger partial charge in [-0.2, -0.15) is 0 Å². The number of benzene rings is 2. The van der Waals surface area contributed by atoms with E-state index in [-0.39, 0.29) is 5.41 Å². The maximum absolute atomic E-state index is 2.40. The predicted molar refractivity (Wildman–Crippen MR) is 93.9 cm³/mol. The van der Waals surface area contributed by atoms with Crippen molar-refractivity contribution in [2.24, 2.45) is 0 Å². The largest absolute Gasteiger partial charge is 0.0804 e. The van der Waals surface area contributed by atoms with Gasteiger partial charge in [0.05, 0.1) is 0 Å². The van der Waals surface area contributed by atoms with Crippen molar-refractivity contribution in [1.82, 2.24) is 0 Å². The maximum atomic E-state index is 2.40. The van der Waals surface area contributed by atoms with E-state index in [1.165, 1.54) is 22.3 Å². The Morgan fingerprint density at radius 2 is 1.73 bits per heavy atom. The van der Waals surface area contributed by atoms with Gasteiger partial charge in [-0.3, -0.25) is 0 Å². The summed E-state index contributed by atoms with van der Waals surface area (Å²) < 4.78 is 0. The van der Waals surface area contributed by atoms with Crippen molar-refractivity contribution in [3.63, 3.8) is 0 Å². The van der Waals surface area contributed by atoms with Crippen molar-refractivity contribution in [3.05, 3.63) is 101 Å². The van der Waals surface area contributed by atoms with Crippen molar-refractivity contribution < 1.29 is 0 Å². The summed E-state index contributed by atoms with van der Waals surface area (Å²) in [5.41, 5.74) is 5.72. The van der Waals surface area contributed by atoms with Crippen LogP contribution >= 0.6 is 0 Å². The topological polar surface area (TPSA) is 0 Å². The second kappa shape index (κ2) is 5.14. The minimum Gasteiger partial charge on any atom is -0.0804 e. The maximum Gasteiger partial charge on any atom is 0.0243 e. The second-order valence-corrected chi connectivity index (χ2v) is 6.36. The highest BCUT2D eigenvalue weighted by Crippen LogP contribution is 2.50. The fraction of sp³-hybridized carbons (Fsp3) is 0.182. The van der Waals surface area contributed by atoms with Crippen LogP contribution in [0.2, 0.25) is 0 Å². The first-order valence-corrected chi connectivity index (χ1v) is 7.99. The van der Waals surface area contributed by atoms with E-state index in [0.717, 1.165) is 6.42 Å². The Morgan fingerprint density at radius 1 is 0.955 bits per heavy atom. The van der Waals surface area contributed by atoms with Gasteiger partial charge in [0.25, 0.3) is 0 Å². The molecule has 2 aromatic carbocycles. The molecule has 0 aromatic heterocycles. The Bertz CT molecular complexity index is 777. The molecule has 108 valence electrons. The molecule has 0 aliphatic heterocycles. The van der Waals surface area contributed by atoms with E-state index in [1.54, 1.807) is 0 Å². The van der Waals surface area contributed by atoms with Crippen LogP contribution < -0.4 is 0 Å². The lowest BCUT2D eigenvalue weighted by Gasteiger charge is -2.38. The molecule has 0 N–H and O–H groups in total. The van der Waals surface area contributed by atoms with Crippen LogP contribution in [-0.2, 0) is 5.41 Å². The van der Waals surface area contributed by atoms with Gasteiger partial charge in [-0.05, 0) is 23.1 Å². The van der Waals surface area contributed by atoms with Gasteiger partial charge in [0.1, 0.15) is 0 Å². The molecule has 0 radical (unpaired) electrons. The Morgan fingerprint density at radius 3 is 2.50 bits per heavy atom. The lowest BCUT2D eigenvalue weighted by atomic mass is 9.65. The number of hydrogen-bond acceptors (Lipinski definition) is 0. The van der Waals surface area contributed by atoms with Crippen molar-refractivity contribution in [2.45, 2.75) is 24.7 Å². The molecule has 2 atom stereocenters. The fourth-order valence-corrected chi connectivity index (χ4v) is 3.93. The molecule has 4 rings (SSSR count). The van der Waals surface area contributed by atoms with E-state index in [1.807, 2.05) is 0 Å². The smallest absolute Gasteiger partial charge is 0.0243 e. The molecule has 0 heteroatoms. The van der Waals surface area contributed by atoms with Gasteiger partial charge in [-0.1, -0.05) is 97.5 Å². The lowest BCUT2D eigenvalue weighted by Crippen LogP contribution is -2.31. The fourth-order valence-electron chi connectivity index (χ4n) is 3.93. The standard InChI is InChI=1S/C22H20/c1-22(19-12-6-7-13-19,18-10-3-2-4-11-18)21-16-15-17-9-5-8-14-20(17)21/h2-12,14-16,21H,13H2,1H3. The van der Waals surface area contributed by atoms with Gasteiger partial charge < -0.3 is 0 Å². The molecule has 0 spiro atoms. The molecule has 0 nitrogen and oxygen atoms in total. The molecule has 0 fully saturated rings. The molecule has 22 heavy (non-hydrogen) atoms. The molecule has 2 aliphatic carbocycles. The third-order valence-corrected chi connectivity index (χ3v) is 5.23. The van der Waals surface area contributed by atoms with Gasteiger partial charge in [-0.25, -0.2) is 0 Å². The normalized spacial score (nSPS) is 21.5. The van der Waals surface area contributed by atoms with Crippen LogP contribution in [0.5, 0.6) is 0 Å². The van der Waals surface area contributed by atoms with Crippen LogP contribution in [0.15, 0.2) is 84.5 Å². The summed E-state index contributed by atoms with van der Waals surface area (Å²) in [5, 5.41) is 0. The number of hydrogen-bond donors (Lipinski definition) is 0. The third kappa shape index (κ3) is 1.91. The van der Waals surface area contributed by atoms with E-state index in [2.05, 4.69) is 91.9 Å². The molecule has 2 aromatic rings. The number of fused-ring (bicyclic) bond motifs is 1. The Labute approximate surface area is 132 Å². The second-order valence-electron chi connectivity index (χ2n) is 6.36. The van der Waals surface area contributed by atoms with Crippen LogP contribution in [0.25, 0.3) is 6.08 Å². The molecular formula is C22H20. The van der Waals surface area contributed by atoms with Crippen molar-refractivity contribution in [2.75, 3.05) is 0 Å². The molecule has 0 saturated heterocycles. The zero-order valence-corrected chi connectivity index (χ0v) is 12.9. The van der Waals surface area contributed by atoms with Gasteiger partial charge >= 0.3 is 0 Å². The van der Waals surface area contributed by atoms with Crippen molar-refractivity contribution >= 4 is 6.08 Å². The van der Waals surface area contributed by atoms with E-state index in [9.17, 15) is 0 Å². The summed E-state index contributed by atoms with van der Waals surface area (Å²) in [6.45, 7) is 2.40. The molecule has 0 heterocycles. The molecule has 0 saturated carbocycles. The van der Waals surface area contributed by atoms with E-state index >= 15 is 0 Å². The Hall–Kier alpha value is -2.34. The quantitative estimate of drug-likeness (QED) is 0.684. The molecule has 0 amide bonds. The van der Waals surface area contributed by atoms with Crippen LogP contribution in [0.3, 0.4) is 0 Å². The van der Waals surface area contributed by atoms with Crippen LogP contribution in [0, 0.1) is 0 Å². The highest BCUT2D eigenvalue weighted by molar-refractivity contribution is 5.65. The van der Waals surface area contributed by atoms with E-state index in [0.29, 0.717) is 5.92 Å². The van der Waals surface area contributed by atoms with Crippen molar-refractivity contribution in [1.29, 1.82) is 0 Å².